The summed E-state index contributed by atoms with van der Waals surface area (Å²) in [5.74, 6) is 0. The van der Waals surface area contributed by atoms with E-state index in [1.807, 2.05) is 0 Å². The zero-order chi connectivity index (χ0) is 25.7. The number of nitrogens with two attached hydrogens (primary N) is 8. The highest BCUT2D eigenvalue weighted by Gasteiger charge is 2.16. The normalized spacial score (nSPS) is 12.0. The lowest BCUT2D eigenvalue weighted by Crippen LogP contribution is -2.08. The van der Waals surface area contributed by atoms with Crippen molar-refractivity contribution in [1.82, 2.24) is 0 Å². The van der Waals surface area contributed by atoms with E-state index < -0.39 is 0 Å². The Morgan fingerprint density at radius 2 is 0.389 bits per heavy atom. The number of benzene rings is 4. The van der Waals surface area contributed by atoms with Gasteiger partial charge in [0.1, 0.15) is 0 Å². The predicted octanol–water partition coefficient (Wildman–Crippen LogP) is 3.63. The van der Waals surface area contributed by atoms with Gasteiger partial charge in [0.05, 0.1) is 91.0 Å². The third-order valence-electron chi connectivity index (χ3n) is 5.96. The molecule has 20 N–H and O–H groups in total. The van der Waals surface area contributed by atoms with Crippen molar-refractivity contribution < 1.29 is 0 Å². The molecule has 4 aromatic rings. The van der Waals surface area contributed by atoms with Gasteiger partial charge in [0, 0.05) is 0 Å². The molecule has 184 valence electrons. The quantitative estimate of drug-likeness (QED) is 0.141. The molecule has 12 heteroatoms. The molecular formula is C24H28N12. The Kier molecular flexibility index (Phi) is 4.99. The molecule has 0 aliphatic carbocycles. The summed E-state index contributed by atoms with van der Waals surface area (Å²) in [6, 6.07) is 13.6. The van der Waals surface area contributed by atoms with E-state index in [-0.39, 0.29) is 0 Å². The fraction of sp³-hybridized carbons (Fsp3) is 0. The lowest BCUT2D eigenvalue weighted by Gasteiger charge is -2.21. The van der Waals surface area contributed by atoms with Crippen LogP contribution in [0.3, 0.4) is 0 Å². The van der Waals surface area contributed by atoms with Crippen molar-refractivity contribution in [3.8, 4) is 0 Å². The summed E-state index contributed by atoms with van der Waals surface area (Å²) in [6.45, 7) is 0. The summed E-state index contributed by atoms with van der Waals surface area (Å²) in [6.07, 6.45) is 0. The van der Waals surface area contributed by atoms with Gasteiger partial charge in [-0.15, -0.1) is 0 Å². The molecule has 1 aliphatic heterocycles. The zero-order valence-corrected chi connectivity index (χ0v) is 19.2. The van der Waals surface area contributed by atoms with Crippen LogP contribution >= 0.6 is 0 Å². The Morgan fingerprint density at radius 1 is 0.250 bits per heavy atom. The number of fused-ring (bicyclic) bond motifs is 8. The molecule has 0 radical (unpaired) electrons. The summed E-state index contributed by atoms with van der Waals surface area (Å²) in [4.78, 5) is 0. The molecule has 0 saturated carbocycles. The Balaban J connectivity index is 1.75. The first-order chi connectivity index (χ1) is 17.1. The van der Waals surface area contributed by atoms with Crippen LogP contribution in [0.15, 0.2) is 48.5 Å². The number of hydrogen-bond acceptors (Lipinski definition) is 12. The molecule has 4 aromatic carbocycles. The highest BCUT2D eigenvalue weighted by molar-refractivity contribution is 5.95. The molecular weight excluding hydrogens is 456 g/mol. The van der Waals surface area contributed by atoms with E-state index in [0.717, 1.165) is 0 Å². The number of nitrogen functional groups attached to an aromatic ring is 8. The summed E-state index contributed by atoms with van der Waals surface area (Å²) in [5.41, 5.74) is 58.0. The largest absolute Gasteiger partial charge is 0.397 e. The van der Waals surface area contributed by atoms with Crippen LogP contribution in [0.5, 0.6) is 0 Å². The molecule has 0 fully saturated rings. The molecule has 0 aromatic heterocycles. The van der Waals surface area contributed by atoms with Gasteiger partial charge in [-0.05, 0) is 48.5 Å². The highest BCUT2D eigenvalue weighted by atomic mass is 15.0. The van der Waals surface area contributed by atoms with E-state index in [0.29, 0.717) is 91.0 Å². The summed E-state index contributed by atoms with van der Waals surface area (Å²) < 4.78 is 0. The predicted molar refractivity (Wildman–Crippen MR) is 154 cm³/mol. The third-order valence-corrected chi connectivity index (χ3v) is 5.96. The minimum Gasteiger partial charge on any atom is -0.397 e. The summed E-state index contributed by atoms with van der Waals surface area (Å²) in [5, 5.41) is 13.0. The van der Waals surface area contributed by atoms with Crippen molar-refractivity contribution in [3.63, 3.8) is 0 Å². The van der Waals surface area contributed by atoms with E-state index in [4.69, 9.17) is 45.9 Å². The molecule has 1 heterocycles. The van der Waals surface area contributed by atoms with E-state index in [1.54, 1.807) is 48.5 Å². The second kappa shape index (κ2) is 8.06. The maximum atomic E-state index is 6.26. The minimum absolute atomic E-state index is 0.421. The Hall–Kier alpha value is -5.52. The second-order valence-corrected chi connectivity index (χ2v) is 8.61. The van der Waals surface area contributed by atoms with Crippen LogP contribution in [0.1, 0.15) is 0 Å². The van der Waals surface area contributed by atoms with Crippen molar-refractivity contribution in [2.24, 2.45) is 0 Å². The lowest BCUT2D eigenvalue weighted by molar-refractivity contribution is 1.47. The topological polar surface area (TPSA) is 256 Å². The molecule has 0 spiro atoms. The molecule has 12 nitrogen and oxygen atoms in total. The van der Waals surface area contributed by atoms with Crippen molar-refractivity contribution in [2.75, 3.05) is 67.1 Å². The number of hydrogen-bond donors (Lipinski definition) is 12. The van der Waals surface area contributed by atoms with Crippen molar-refractivity contribution in [2.45, 2.75) is 0 Å². The van der Waals surface area contributed by atoms with Gasteiger partial charge in [-0.2, -0.15) is 0 Å². The fourth-order valence-electron chi connectivity index (χ4n) is 3.98. The Bertz CT molecular complexity index is 1210. The summed E-state index contributed by atoms with van der Waals surface area (Å²) in [7, 11) is 0. The Morgan fingerprint density at radius 3 is 0.528 bits per heavy atom. The monoisotopic (exact) mass is 484 g/mol. The van der Waals surface area contributed by atoms with Gasteiger partial charge in [0.15, 0.2) is 0 Å². The molecule has 5 rings (SSSR count). The first-order valence-electron chi connectivity index (χ1n) is 10.9. The fourth-order valence-corrected chi connectivity index (χ4v) is 3.98. The van der Waals surface area contributed by atoms with Gasteiger partial charge in [0.2, 0.25) is 0 Å². The van der Waals surface area contributed by atoms with Gasteiger partial charge in [0.25, 0.3) is 0 Å². The van der Waals surface area contributed by atoms with Crippen molar-refractivity contribution in [3.05, 3.63) is 48.5 Å². The summed E-state index contributed by atoms with van der Waals surface area (Å²) >= 11 is 0. The average molecular weight is 485 g/mol. The maximum Gasteiger partial charge on any atom is 0.0640 e. The minimum atomic E-state index is 0.421. The van der Waals surface area contributed by atoms with Crippen LogP contribution < -0.4 is 67.1 Å². The SMILES string of the molecule is Nc1cc(N)c2cc1Nc1cc(c(N)cc1N)Nc1cc(c(N)cc1N)Nc1cc(c(N)cc1N)N2. The van der Waals surface area contributed by atoms with Crippen LogP contribution in [0.4, 0.5) is 91.0 Å². The average Bonchev–Trinajstić information content (AvgIpc) is 2.79. The number of nitrogens with one attached hydrogen (secondary N) is 4. The van der Waals surface area contributed by atoms with Crippen LogP contribution in [0, 0.1) is 0 Å². The van der Waals surface area contributed by atoms with Crippen LogP contribution in [0.2, 0.25) is 0 Å². The highest BCUT2D eigenvalue weighted by Crippen LogP contribution is 2.42. The van der Waals surface area contributed by atoms with E-state index in [9.17, 15) is 0 Å². The van der Waals surface area contributed by atoms with E-state index >= 15 is 0 Å². The molecule has 1 aliphatic rings. The Labute approximate surface area is 207 Å². The van der Waals surface area contributed by atoms with Crippen LogP contribution in [0.25, 0.3) is 0 Å². The van der Waals surface area contributed by atoms with Crippen LogP contribution in [-0.2, 0) is 0 Å². The first-order valence-corrected chi connectivity index (χ1v) is 10.9. The van der Waals surface area contributed by atoms with Crippen molar-refractivity contribution >= 4 is 91.0 Å². The molecule has 36 heavy (non-hydrogen) atoms. The molecule has 0 atom stereocenters. The lowest BCUT2D eigenvalue weighted by atomic mass is 10.1. The molecule has 8 bridgehead atoms. The van der Waals surface area contributed by atoms with Gasteiger partial charge >= 0.3 is 0 Å². The number of rotatable bonds is 0. The van der Waals surface area contributed by atoms with E-state index in [1.165, 1.54) is 0 Å². The maximum absolute atomic E-state index is 6.26. The van der Waals surface area contributed by atoms with Gasteiger partial charge in [-0.1, -0.05) is 0 Å². The second-order valence-electron chi connectivity index (χ2n) is 8.61. The third kappa shape index (κ3) is 3.88. The zero-order valence-electron chi connectivity index (χ0n) is 19.2. The molecule has 0 amide bonds. The first kappa shape index (κ1) is 22.3. The smallest absolute Gasteiger partial charge is 0.0640 e. The van der Waals surface area contributed by atoms with Crippen molar-refractivity contribution in [1.29, 1.82) is 0 Å². The number of anilines is 16. The van der Waals surface area contributed by atoms with Gasteiger partial charge in [-0.25, -0.2) is 0 Å². The van der Waals surface area contributed by atoms with Gasteiger partial charge < -0.3 is 67.1 Å². The standard InChI is InChI=1S/C24H28N12/c25-9-1-10(26)18-5-17(9)33-19-6-21(13(29)2-11(19)27)35-23-8-24(16(32)4-15(23)31)36-22-7-20(34-18)12(28)3-14(22)30/h1-8,33-36H,25-32H2. The van der Waals surface area contributed by atoms with Gasteiger partial charge in [-0.3, -0.25) is 0 Å². The molecule has 0 saturated heterocycles. The van der Waals surface area contributed by atoms with Crippen LogP contribution in [-0.4, -0.2) is 0 Å². The van der Waals surface area contributed by atoms with E-state index in [2.05, 4.69) is 21.3 Å². The molecule has 0 unspecified atom stereocenters.